The maximum absolute atomic E-state index is 2.31. The summed E-state index contributed by atoms with van der Waals surface area (Å²) in [4.78, 5) is 0. The minimum atomic E-state index is 1.06. The first-order valence-corrected chi connectivity index (χ1v) is 6.39. The summed E-state index contributed by atoms with van der Waals surface area (Å²) in [5, 5.41) is 0. The van der Waals surface area contributed by atoms with Gasteiger partial charge in [0.1, 0.15) is 0 Å². The molecule has 0 aromatic rings. The van der Waals surface area contributed by atoms with E-state index in [0.29, 0.717) is 0 Å². The predicted octanol–water partition coefficient (Wildman–Crippen LogP) is 5.42. The second kappa shape index (κ2) is 14.5. The lowest BCUT2D eigenvalue weighted by Gasteiger charge is -2.18. The van der Waals surface area contributed by atoms with E-state index in [0.717, 1.165) is 5.92 Å². The summed E-state index contributed by atoms with van der Waals surface area (Å²) in [5.74, 6) is 1.06. The highest BCUT2D eigenvalue weighted by Gasteiger charge is 2.09. The average Bonchev–Trinajstić information content (AvgIpc) is 2.05. The molecule has 0 aromatic heterocycles. The van der Waals surface area contributed by atoms with Crippen molar-refractivity contribution in [2.24, 2.45) is 5.92 Å². The Morgan fingerprint density at radius 3 is 0.846 bits per heavy atom. The molecule has 0 nitrogen and oxygen atoms in total. The van der Waals surface area contributed by atoms with Crippen LogP contribution >= 0.6 is 0 Å². The van der Waals surface area contributed by atoms with Gasteiger partial charge in [0.25, 0.3) is 0 Å². The van der Waals surface area contributed by atoms with Gasteiger partial charge in [0.05, 0.1) is 0 Å². The lowest BCUT2D eigenvalue weighted by Crippen LogP contribution is -2.04. The Balaban J connectivity index is 0. The molecule has 0 heteroatoms. The standard InChI is InChI=1S/C5H10.C4H8.2C2H6/c1-5-3-2-4-5;1-2-4-3-1;2*1-2/h5H,2-4H2,1H3;1-4H2;2*1-2H3. The van der Waals surface area contributed by atoms with Crippen molar-refractivity contribution >= 4 is 0 Å². The Morgan fingerprint density at radius 2 is 0.846 bits per heavy atom. The number of rotatable bonds is 0. The molecule has 2 saturated carbocycles. The van der Waals surface area contributed by atoms with Crippen molar-refractivity contribution in [1.29, 1.82) is 0 Å². The van der Waals surface area contributed by atoms with Crippen molar-refractivity contribution in [2.75, 3.05) is 0 Å². The van der Waals surface area contributed by atoms with Crippen molar-refractivity contribution in [3.63, 3.8) is 0 Å². The van der Waals surface area contributed by atoms with Crippen LogP contribution < -0.4 is 0 Å². The average molecular weight is 186 g/mol. The van der Waals surface area contributed by atoms with Crippen LogP contribution in [0.15, 0.2) is 0 Å². The van der Waals surface area contributed by atoms with Crippen molar-refractivity contribution in [2.45, 2.75) is 79.6 Å². The molecular formula is C13H30. The van der Waals surface area contributed by atoms with Crippen LogP contribution in [0.1, 0.15) is 79.6 Å². The van der Waals surface area contributed by atoms with Gasteiger partial charge in [0.2, 0.25) is 0 Å². The first-order chi connectivity index (χ1) is 6.39. The minimum absolute atomic E-state index is 1.06. The van der Waals surface area contributed by atoms with E-state index in [1.54, 1.807) is 0 Å². The van der Waals surface area contributed by atoms with Crippen molar-refractivity contribution in [1.82, 2.24) is 0 Å². The van der Waals surface area contributed by atoms with Gasteiger partial charge in [-0.05, 0) is 5.92 Å². The lowest BCUT2D eigenvalue weighted by molar-refractivity contribution is 0.346. The molecular weight excluding hydrogens is 156 g/mol. The molecule has 0 unspecified atom stereocenters. The summed E-state index contributed by atoms with van der Waals surface area (Å²) in [7, 11) is 0. The SMILES string of the molecule is C1CCC1.CC.CC.CC1CCC1. The van der Waals surface area contributed by atoms with E-state index in [-0.39, 0.29) is 0 Å². The molecule has 2 aliphatic rings. The van der Waals surface area contributed by atoms with Crippen LogP contribution in [0.3, 0.4) is 0 Å². The quantitative estimate of drug-likeness (QED) is 0.474. The van der Waals surface area contributed by atoms with Crippen LogP contribution in [-0.4, -0.2) is 0 Å². The maximum Gasteiger partial charge on any atom is -0.0443 e. The fraction of sp³-hybridized carbons (Fsp3) is 1.00. The summed E-state index contributed by atoms with van der Waals surface area (Å²) >= 11 is 0. The zero-order valence-corrected chi connectivity index (χ0v) is 10.5. The van der Waals surface area contributed by atoms with Gasteiger partial charge in [-0.15, -0.1) is 0 Å². The number of hydrogen-bond donors (Lipinski definition) is 0. The van der Waals surface area contributed by atoms with Gasteiger partial charge in [-0.25, -0.2) is 0 Å². The van der Waals surface area contributed by atoms with Gasteiger partial charge in [0, 0.05) is 0 Å². The summed E-state index contributed by atoms with van der Waals surface area (Å²) in [6.45, 7) is 10.3. The zero-order valence-electron chi connectivity index (χ0n) is 10.5. The summed E-state index contributed by atoms with van der Waals surface area (Å²) in [5.41, 5.74) is 0. The summed E-state index contributed by atoms with van der Waals surface area (Å²) in [6, 6.07) is 0. The van der Waals surface area contributed by atoms with Gasteiger partial charge < -0.3 is 0 Å². The van der Waals surface area contributed by atoms with Crippen molar-refractivity contribution < 1.29 is 0 Å². The predicted molar refractivity (Wildman–Crippen MR) is 64.2 cm³/mol. The Bertz CT molecular complexity index is 54.4. The van der Waals surface area contributed by atoms with Crippen molar-refractivity contribution in [3.8, 4) is 0 Å². The molecule has 2 rings (SSSR count). The van der Waals surface area contributed by atoms with Crippen LogP contribution in [-0.2, 0) is 0 Å². The highest BCUT2D eigenvalue weighted by molar-refractivity contribution is 4.62. The second-order valence-corrected chi connectivity index (χ2v) is 3.45. The van der Waals surface area contributed by atoms with Crippen LogP contribution in [0.5, 0.6) is 0 Å². The lowest BCUT2D eigenvalue weighted by atomic mass is 9.88. The van der Waals surface area contributed by atoms with E-state index in [9.17, 15) is 0 Å². The van der Waals surface area contributed by atoms with E-state index >= 15 is 0 Å². The molecule has 0 bridgehead atoms. The molecule has 0 amide bonds. The van der Waals surface area contributed by atoms with Crippen LogP contribution in [0.25, 0.3) is 0 Å². The third-order valence-corrected chi connectivity index (χ3v) is 2.39. The molecule has 0 saturated heterocycles. The fourth-order valence-electron chi connectivity index (χ4n) is 0.862. The van der Waals surface area contributed by atoms with E-state index < -0.39 is 0 Å². The van der Waals surface area contributed by atoms with Crippen molar-refractivity contribution in [3.05, 3.63) is 0 Å². The second-order valence-electron chi connectivity index (χ2n) is 3.45. The van der Waals surface area contributed by atoms with Gasteiger partial charge >= 0.3 is 0 Å². The molecule has 0 aliphatic heterocycles. The smallest absolute Gasteiger partial charge is 0.0443 e. The molecule has 2 fully saturated rings. The zero-order chi connectivity index (χ0) is 10.5. The van der Waals surface area contributed by atoms with E-state index in [2.05, 4.69) is 6.92 Å². The number of hydrogen-bond acceptors (Lipinski definition) is 0. The van der Waals surface area contributed by atoms with E-state index in [1.807, 2.05) is 27.7 Å². The van der Waals surface area contributed by atoms with Gasteiger partial charge in [0.15, 0.2) is 0 Å². The van der Waals surface area contributed by atoms with Gasteiger partial charge in [-0.1, -0.05) is 79.6 Å². The van der Waals surface area contributed by atoms with Gasteiger partial charge in [-0.3, -0.25) is 0 Å². The van der Waals surface area contributed by atoms with E-state index in [4.69, 9.17) is 0 Å². The Kier molecular flexibility index (Phi) is 17.3. The topological polar surface area (TPSA) is 0 Å². The minimum Gasteiger partial charge on any atom is -0.0683 e. The third-order valence-electron chi connectivity index (χ3n) is 2.39. The van der Waals surface area contributed by atoms with Crippen LogP contribution in [0.4, 0.5) is 0 Å². The Hall–Kier alpha value is 0. The van der Waals surface area contributed by atoms with E-state index in [1.165, 1.54) is 44.9 Å². The summed E-state index contributed by atoms with van der Waals surface area (Å²) in [6.07, 6.45) is 10.5. The molecule has 13 heavy (non-hydrogen) atoms. The molecule has 82 valence electrons. The molecule has 0 N–H and O–H groups in total. The van der Waals surface area contributed by atoms with Crippen LogP contribution in [0, 0.1) is 5.92 Å². The molecule has 0 heterocycles. The Morgan fingerprint density at radius 1 is 0.615 bits per heavy atom. The molecule has 0 spiro atoms. The third kappa shape index (κ3) is 12.0. The van der Waals surface area contributed by atoms with Gasteiger partial charge in [-0.2, -0.15) is 0 Å². The molecule has 2 aliphatic carbocycles. The van der Waals surface area contributed by atoms with Crippen LogP contribution in [0.2, 0.25) is 0 Å². The Labute approximate surface area is 86.1 Å². The first-order valence-electron chi connectivity index (χ1n) is 6.39. The summed E-state index contributed by atoms with van der Waals surface area (Å²) < 4.78 is 0. The highest BCUT2D eigenvalue weighted by Crippen LogP contribution is 2.24. The maximum atomic E-state index is 2.31. The fourth-order valence-corrected chi connectivity index (χ4v) is 0.862. The normalized spacial score (nSPS) is 18.2. The molecule has 0 radical (unpaired) electrons. The monoisotopic (exact) mass is 186 g/mol. The first kappa shape index (κ1) is 15.5. The highest BCUT2D eigenvalue weighted by atomic mass is 14.1. The molecule has 0 atom stereocenters. The largest absolute Gasteiger partial charge is 0.0683 e. The molecule has 0 aromatic carbocycles.